The van der Waals surface area contributed by atoms with Crippen LogP contribution in [0.5, 0.6) is 0 Å². The number of rotatable bonds is 4. The summed E-state index contributed by atoms with van der Waals surface area (Å²) in [5, 5.41) is 3.30. The van der Waals surface area contributed by atoms with Crippen LogP contribution in [-0.4, -0.2) is 37.4 Å². The lowest BCUT2D eigenvalue weighted by Crippen LogP contribution is -2.46. The van der Waals surface area contributed by atoms with E-state index in [1.165, 1.54) is 25.7 Å². The first kappa shape index (κ1) is 12.8. The van der Waals surface area contributed by atoms with Gasteiger partial charge >= 0.3 is 5.97 Å². The van der Waals surface area contributed by atoms with Crippen LogP contribution in [0.2, 0.25) is 0 Å². The Hall–Kier alpha value is -0.610. The molecule has 0 aromatic heterocycles. The summed E-state index contributed by atoms with van der Waals surface area (Å²) in [6, 6.07) is 0.409. The van der Waals surface area contributed by atoms with E-state index >= 15 is 0 Å². The predicted molar refractivity (Wildman–Crippen MR) is 64.8 cm³/mol. The molecule has 0 bridgehead atoms. The van der Waals surface area contributed by atoms with Gasteiger partial charge in [0.1, 0.15) is 0 Å². The molecular formula is C13H23NO3. The Morgan fingerprint density at radius 3 is 2.94 bits per heavy atom. The monoisotopic (exact) mass is 241 g/mol. The van der Waals surface area contributed by atoms with Gasteiger partial charge in [-0.3, -0.25) is 4.79 Å². The Bertz CT molecular complexity index is 261. The van der Waals surface area contributed by atoms with Crippen LogP contribution < -0.4 is 5.32 Å². The van der Waals surface area contributed by atoms with Gasteiger partial charge in [0.25, 0.3) is 0 Å². The maximum absolute atomic E-state index is 11.3. The van der Waals surface area contributed by atoms with Gasteiger partial charge in [-0.25, -0.2) is 0 Å². The molecule has 0 radical (unpaired) electrons. The minimum atomic E-state index is -0.153. The van der Waals surface area contributed by atoms with Crippen molar-refractivity contribution in [2.45, 2.75) is 57.1 Å². The second-order valence-electron chi connectivity index (χ2n) is 5.11. The molecule has 98 valence electrons. The minimum absolute atomic E-state index is 0.116. The van der Waals surface area contributed by atoms with E-state index in [1.54, 1.807) is 0 Å². The highest BCUT2D eigenvalue weighted by Crippen LogP contribution is 2.39. The highest BCUT2D eigenvalue weighted by Gasteiger charge is 2.39. The van der Waals surface area contributed by atoms with Crippen LogP contribution in [0.25, 0.3) is 0 Å². The van der Waals surface area contributed by atoms with E-state index in [4.69, 9.17) is 9.47 Å². The van der Waals surface area contributed by atoms with E-state index < -0.39 is 0 Å². The summed E-state index contributed by atoms with van der Waals surface area (Å²) in [5.41, 5.74) is 0.116. The normalized spacial score (nSPS) is 27.2. The van der Waals surface area contributed by atoms with Crippen LogP contribution >= 0.6 is 0 Å². The first-order valence-corrected chi connectivity index (χ1v) is 6.77. The molecule has 1 aliphatic heterocycles. The number of hydrogen-bond donors (Lipinski definition) is 1. The van der Waals surface area contributed by atoms with Gasteiger partial charge in [-0.1, -0.05) is 12.8 Å². The number of esters is 1. The molecule has 1 aliphatic carbocycles. The maximum atomic E-state index is 11.3. The molecule has 0 amide bonds. The fraction of sp³-hybridized carbons (Fsp3) is 0.923. The summed E-state index contributed by atoms with van der Waals surface area (Å²) in [5.74, 6) is -0.153. The van der Waals surface area contributed by atoms with Crippen LogP contribution in [-0.2, 0) is 14.3 Å². The average Bonchev–Trinajstić information content (AvgIpc) is 2.75. The first-order valence-electron chi connectivity index (χ1n) is 6.77. The zero-order valence-electron chi connectivity index (χ0n) is 10.7. The van der Waals surface area contributed by atoms with Crippen molar-refractivity contribution >= 4 is 5.97 Å². The van der Waals surface area contributed by atoms with Gasteiger partial charge in [0.2, 0.25) is 0 Å². The van der Waals surface area contributed by atoms with E-state index in [2.05, 4.69) is 5.32 Å². The lowest BCUT2D eigenvalue weighted by atomic mass is 9.89. The van der Waals surface area contributed by atoms with Crippen molar-refractivity contribution in [3.63, 3.8) is 0 Å². The molecule has 1 atom stereocenters. The smallest absolute Gasteiger partial charge is 0.319 e. The number of carbonyl (C=O) groups excluding carboxylic acids is 1. The number of hydrogen-bond acceptors (Lipinski definition) is 4. The van der Waals surface area contributed by atoms with Gasteiger partial charge in [-0.15, -0.1) is 0 Å². The Balaban J connectivity index is 1.75. The van der Waals surface area contributed by atoms with Crippen LogP contribution in [0.3, 0.4) is 0 Å². The zero-order valence-corrected chi connectivity index (χ0v) is 10.7. The van der Waals surface area contributed by atoms with Crippen molar-refractivity contribution in [1.29, 1.82) is 0 Å². The van der Waals surface area contributed by atoms with E-state index in [0.717, 1.165) is 19.4 Å². The van der Waals surface area contributed by atoms with Gasteiger partial charge in [0.05, 0.1) is 18.8 Å². The predicted octanol–water partition coefficient (Wildman–Crippen LogP) is 1.63. The molecule has 17 heavy (non-hydrogen) atoms. The molecule has 2 fully saturated rings. The lowest BCUT2D eigenvalue weighted by Gasteiger charge is -2.38. The Morgan fingerprint density at radius 2 is 2.24 bits per heavy atom. The molecule has 1 heterocycles. The molecular weight excluding hydrogens is 218 g/mol. The van der Waals surface area contributed by atoms with Gasteiger partial charge in [0, 0.05) is 12.6 Å². The summed E-state index contributed by atoms with van der Waals surface area (Å²) >= 11 is 0. The Morgan fingerprint density at radius 1 is 1.47 bits per heavy atom. The summed E-state index contributed by atoms with van der Waals surface area (Å²) < 4.78 is 10.9. The molecule has 4 heteroatoms. The fourth-order valence-corrected chi connectivity index (χ4v) is 3.01. The van der Waals surface area contributed by atoms with Crippen molar-refractivity contribution in [2.75, 3.05) is 19.8 Å². The molecule has 1 saturated heterocycles. The Kier molecular flexibility index (Phi) is 4.40. The van der Waals surface area contributed by atoms with Gasteiger partial charge in [0.15, 0.2) is 0 Å². The van der Waals surface area contributed by atoms with Crippen LogP contribution in [0.15, 0.2) is 0 Å². The average molecular weight is 241 g/mol. The largest absolute Gasteiger partial charge is 0.465 e. The molecule has 1 saturated carbocycles. The van der Waals surface area contributed by atoms with Gasteiger partial charge in [-0.2, -0.15) is 0 Å². The third-order valence-corrected chi connectivity index (χ3v) is 3.85. The Labute approximate surface area is 103 Å². The lowest BCUT2D eigenvalue weighted by molar-refractivity contribution is -0.142. The van der Waals surface area contributed by atoms with E-state index in [0.29, 0.717) is 19.2 Å². The zero-order chi connectivity index (χ0) is 12.1. The van der Waals surface area contributed by atoms with Crippen LogP contribution in [0.4, 0.5) is 0 Å². The number of ether oxygens (including phenoxy) is 2. The number of carbonyl (C=O) groups is 1. The summed E-state index contributed by atoms with van der Waals surface area (Å²) in [6.07, 6.45) is 6.98. The first-order chi connectivity index (χ1) is 8.24. The second kappa shape index (κ2) is 5.83. The third kappa shape index (κ3) is 3.42. The maximum Gasteiger partial charge on any atom is 0.319 e. The molecule has 1 N–H and O–H groups in total. The molecule has 0 aromatic carbocycles. The quantitative estimate of drug-likeness (QED) is 0.760. The van der Waals surface area contributed by atoms with Crippen molar-refractivity contribution in [2.24, 2.45) is 0 Å². The summed E-state index contributed by atoms with van der Waals surface area (Å²) in [7, 11) is 0. The third-order valence-electron chi connectivity index (χ3n) is 3.85. The molecule has 2 aliphatic rings. The fourth-order valence-electron chi connectivity index (χ4n) is 3.01. The highest BCUT2D eigenvalue weighted by molar-refractivity contribution is 5.71. The van der Waals surface area contributed by atoms with Crippen molar-refractivity contribution < 1.29 is 14.3 Å². The van der Waals surface area contributed by atoms with Crippen LogP contribution in [0.1, 0.15) is 45.4 Å². The van der Waals surface area contributed by atoms with Gasteiger partial charge in [-0.05, 0) is 32.6 Å². The van der Waals surface area contributed by atoms with Gasteiger partial charge < -0.3 is 14.8 Å². The topological polar surface area (TPSA) is 47.6 Å². The van der Waals surface area contributed by atoms with E-state index in [-0.39, 0.29) is 11.6 Å². The SMILES string of the molecule is CCOC(=O)CNC1CCOC2(CCCC2)C1. The summed E-state index contributed by atoms with van der Waals surface area (Å²) in [6.45, 7) is 3.44. The molecule has 0 aromatic rings. The standard InChI is InChI=1S/C13H23NO3/c1-2-16-12(15)10-14-11-5-8-17-13(9-11)6-3-4-7-13/h11,14H,2-10H2,1H3. The molecule has 2 rings (SSSR count). The van der Waals surface area contributed by atoms with E-state index in [9.17, 15) is 4.79 Å². The number of nitrogens with one attached hydrogen (secondary N) is 1. The van der Waals surface area contributed by atoms with Crippen molar-refractivity contribution in [3.05, 3.63) is 0 Å². The molecule has 4 nitrogen and oxygen atoms in total. The highest BCUT2D eigenvalue weighted by atomic mass is 16.5. The minimum Gasteiger partial charge on any atom is -0.465 e. The van der Waals surface area contributed by atoms with E-state index in [1.807, 2.05) is 6.92 Å². The molecule has 1 spiro atoms. The van der Waals surface area contributed by atoms with Crippen LogP contribution in [0, 0.1) is 0 Å². The van der Waals surface area contributed by atoms with Crippen molar-refractivity contribution in [1.82, 2.24) is 5.32 Å². The second-order valence-corrected chi connectivity index (χ2v) is 5.11. The summed E-state index contributed by atoms with van der Waals surface area (Å²) in [4.78, 5) is 11.3. The van der Waals surface area contributed by atoms with Crippen molar-refractivity contribution in [3.8, 4) is 0 Å². The molecule has 1 unspecified atom stereocenters.